The van der Waals surface area contributed by atoms with Crippen molar-refractivity contribution in [3.63, 3.8) is 0 Å². The minimum absolute atomic E-state index is 0.153. The second-order valence-electron chi connectivity index (χ2n) is 4.11. The molecule has 0 aliphatic carbocycles. The largest absolute Gasteiger partial charge is 0.382 e. The highest BCUT2D eigenvalue weighted by atomic mass is 16.2. The summed E-state index contributed by atoms with van der Waals surface area (Å²) in [6.07, 6.45) is 3.86. The van der Waals surface area contributed by atoms with E-state index in [1.807, 2.05) is 16.8 Å². The number of carbonyl (C=O) groups is 1. The molecule has 1 aromatic rings. The molecule has 1 saturated heterocycles. The maximum atomic E-state index is 11.9. The summed E-state index contributed by atoms with van der Waals surface area (Å²) in [5.41, 5.74) is 6.46. The van der Waals surface area contributed by atoms with Crippen molar-refractivity contribution < 1.29 is 4.79 Å². The molecule has 16 heavy (non-hydrogen) atoms. The Labute approximate surface area is 94.4 Å². The molecular formula is C10H17N5O. The molecule has 0 spiro atoms. The minimum atomic E-state index is 0.153. The summed E-state index contributed by atoms with van der Waals surface area (Å²) < 4.78 is 0. The fraction of sp³-hybridized carbons (Fsp3) is 0.600. The highest BCUT2D eigenvalue weighted by Crippen LogP contribution is 2.18. The number of nitrogens with one attached hydrogen (secondary N) is 1. The third-order valence-corrected chi connectivity index (χ3v) is 2.89. The van der Waals surface area contributed by atoms with Gasteiger partial charge in [-0.25, -0.2) is 0 Å². The number of anilines is 2. The Hall–Kier alpha value is -1.72. The summed E-state index contributed by atoms with van der Waals surface area (Å²) in [7, 11) is 1.84. The minimum Gasteiger partial charge on any atom is -0.382 e. The lowest BCUT2D eigenvalue weighted by Crippen LogP contribution is -2.37. The lowest BCUT2D eigenvalue weighted by atomic mass is 10.4. The smallest absolute Gasteiger partial charge is 0.242 e. The zero-order valence-electron chi connectivity index (χ0n) is 9.44. The maximum Gasteiger partial charge on any atom is 0.242 e. The van der Waals surface area contributed by atoms with E-state index >= 15 is 0 Å². The number of nitrogen functional groups attached to an aromatic ring is 1. The van der Waals surface area contributed by atoms with Crippen molar-refractivity contribution in [1.82, 2.24) is 15.1 Å². The number of hydrogen-bond donors (Lipinski definition) is 2. The van der Waals surface area contributed by atoms with Gasteiger partial charge in [0.05, 0.1) is 18.4 Å². The van der Waals surface area contributed by atoms with Crippen molar-refractivity contribution in [2.75, 3.05) is 37.3 Å². The normalized spacial score (nSPS) is 15.4. The molecule has 3 N–H and O–H groups in total. The predicted molar refractivity (Wildman–Crippen MR) is 62.1 cm³/mol. The maximum absolute atomic E-state index is 11.9. The van der Waals surface area contributed by atoms with E-state index < -0.39 is 0 Å². The molecule has 1 aromatic heterocycles. The van der Waals surface area contributed by atoms with Crippen LogP contribution in [0.4, 0.5) is 11.5 Å². The Morgan fingerprint density at radius 1 is 1.62 bits per heavy atom. The van der Waals surface area contributed by atoms with Crippen molar-refractivity contribution in [2.45, 2.75) is 12.8 Å². The lowest BCUT2D eigenvalue weighted by Gasteiger charge is -2.21. The SMILES string of the molecule is CN(CC(=O)N1CCCC1)c1cn[nH]c1N. The molecule has 0 aromatic carbocycles. The van der Waals surface area contributed by atoms with Gasteiger partial charge in [-0.1, -0.05) is 0 Å². The van der Waals surface area contributed by atoms with E-state index in [1.165, 1.54) is 0 Å². The van der Waals surface area contributed by atoms with Crippen LogP contribution in [0.2, 0.25) is 0 Å². The number of aromatic nitrogens is 2. The van der Waals surface area contributed by atoms with Crippen molar-refractivity contribution in [3.8, 4) is 0 Å². The number of aromatic amines is 1. The molecule has 6 nitrogen and oxygen atoms in total. The Morgan fingerprint density at radius 3 is 2.88 bits per heavy atom. The van der Waals surface area contributed by atoms with Gasteiger partial charge < -0.3 is 15.5 Å². The van der Waals surface area contributed by atoms with E-state index in [1.54, 1.807) is 6.20 Å². The van der Waals surface area contributed by atoms with E-state index in [9.17, 15) is 4.79 Å². The number of amides is 1. The van der Waals surface area contributed by atoms with E-state index in [0.29, 0.717) is 12.4 Å². The average molecular weight is 223 g/mol. The molecule has 2 heterocycles. The topological polar surface area (TPSA) is 78.2 Å². The summed E-state index contributed by atoms with van der Waals surface area (Å²) in [5.74, 6) is 0.650. The molecule has 2 rings (SSSR count). The van der Waals surface area contributed by atoms with Gasteiger partial charge in [-0.05, 0) is 12.8 Å². The van der Waals surface area contributed by atoms with Crippen LogP contribution in [0.1, 0.15) is 12.8 Å². The Bertz CT molecular complexity index is 369. The van der Waals surface area contributed by atoms with Crippen molar-refractivity contribution in [2.24, 2.45) is 0 Å². The first-order valence-corrected chi connectivity index (χ1v) is 5.46. The van der Waals surface area contributed by atoms with E-state index in [4.69, 9.17) is 5.73 Å². The van der Waals surface area contributed by atoms with Gasteiger partial charge in [0.2, 0.25) is 5.91 Å². The molecule has 1 amide bonds. The first-order valence-electron chi connectivity index (χ1n) is 5.46. The molecule has 6 heteroatoms. The predicted octanol–water partition coefficient (Wildman–Crippen LogP) is 0.0505. The van der Waals surface area contributed by atoms with Crippen molar-refractivity contribution in [1.29, 1.82) is 0 Å². The molecule has 0 unspecified atom stereocenters. The van der Waals surface area contributed by atoms with Crippen molar-refractivity contribution >= 4 is 17.4 Å². The molecule has 88 valence electrons. The molecule has 1 aliphatic heterocycles. The summed E-state index contributed by atoms with van der Waals surface area (Å²) >= 11 is 0. The Balaban J connectivity index is 1.94. The van der Waals surface area contributed by atoms with Crippen LogP contribution in [0.15, 0.2) is 6.20 Å². The number of nitrogens with zero attached hydrogens (tertiary/aromatic N) is 3. The number of rotatable bonds is 3. The van der Waals surface area contributed by atoms with Crippen LogP contribution < -0.4 is 10.6 Å². The van der Waals surface area contributed by atoms with Crippen molar-refractivity contribution in [3.05, 3.63) is 6.20 Å². The number of carbonyl (C=O) groups excluding carboxylic acids is 1. The van der Waals surface area contributed by atoms with E-state index in [0.717, 1.165) is 31.6 Å². The van der Waals surface area contributed by atoms with Crippen LogP contribution >= 0.6 is 0 Å². The Kier molecular flexibility index (Phi) is 2.98. The summed E-state index contributed by atoms with van der Waals surface area (Å²) in [6, 6.07) is 0. The van der Waals surface area contributed by atoms with Gasteiger partial charge in [0.15, 0.2) is 0 Å². The van der Waals surface area contributed by atoms with Gasteiger partial charge in [-0.2, -0.15) is 5.10 Å². The fourth-order valence-corrected chi connectivity index (χ4v) is 1.95. The average Bonchev–Trinajstić information content (AvgIpc) is 2.86. The fourth-order valence-electron chi connectivity index (χ4n) is 1.95. The third-order valence-electron chi connectivity index (χ3n) is 2.89. The van der Waals surface area contributed by atoms with Gasteiger partial charge in [0.1, 0.15) is 5.82 Å². The first kappa shape index (κ1) is 10.8. The number of nitrogens with two attached hydrogens (primary N) is 1. The number of likely N-dealkylation sites (N-methyl/N-ethyl adjacent to an activating group) is 1. The second-order valence-corrected chi connectivity index (χ2v) is 4.11. The molecular weight excluding hydrogens is 206 g/mol. The standard InChI is InChI=1S/C10H17N5O/c1-14(8-6-12-13-10(8)11)7-9(16)15-4-2-3-5-15/h6H,2-5,7H2,1H3,(H3,11,12,13). The van der Waals surface area contributed by atoms with Crippen LogP contribution in [0.3, 0.4) is 0 Å². The molecule has 0 saturated carbocycles. The van der Waals surface area contributed by atoms with E-state index in [2.05, 4.69) is 10.2 Å². The summed E-state index contributed by atoms with van der Waals surface area (Å²) in [4.78, 5) is 15.6. The number of hydrogen-bond acceptors (Lipinski definition) is 4. The highest BCUT2D eigenvalue weighted by molar-refractivity contribution is 5.82. The lowest BCUT2D eigenvalue weighted by molar-refractivity contribution is -0.128. The van der Waals surface area contributed by atoms with Crippen LogP contribution in [0.25, 0.3) is 0 Å². The molecule has 0 atom stereocenters. The van der Waals surface area contributed by atoms with Gasteiger partial charge in [-0.15, -0.1) is 0 Å². The molecule has 1 aliphatic rings. The van der Waals surface area contributed by atoms with Crippen LogP contribution in [-0.2, 0) is 4.79 Å². The molecule has 0 bridgehead atoms. The van der Waals surface area contributed by atoms with Crippen LogP contribution in [0, 0.1) is 0 Å². The summed E-state index contributed by atoms with van der Waals surface area (Å²) in [6.45, 7) is 2.12. The highest BCUT2D eigenvalue weighted by Gasteiger charge is 2.20. The number of likely N-dealkylation sites (tertiary alicyclic amines) is 1. The second kappa shape index (κ2) is 4.42. The van der Waals surface area contributed by atoms with Gasteiger partial charge in [0.25, 0.3) is 0 Å². The van der Waals surface area contributed by atoms with E-state index in [-0.39, 0.29) is 5.91 Å². The zero-order valence-corrected chi connectivity index (χ0v) is 9.44. The quantitative estimate of drug-likeness (QED) is 0.759. The van der Waals surface area contributed by atoms with Crippen LogP contribution in [-0.4, -0.2) is 47.7 Å². The van der Waals surface area contributed by atoms with Gasteiger partial charge in [0, 0.05) is 20.1 Å². The monoisotopic (exact) mass is 223 g/mol. The zero-order chi connectivity index (χ0) is 11.5. The summed E-state index contributed by atoms with van der Waals surface area (Å²) in [5, 5.41) is 6.48. The Morgan fingerprint density at radius 2 is 2.31 bits per heavy atom. The third kappa shape index (κ3) is 2.10. The van der Waals surface area contributed by atoms with Gasteiger partial charge in [-0.3, -0.25) is 9.89 Å². The number of H-pyrrole nitrogens is 1. The van der Waals surface area contributed by atoms with Gasteiger partial charge >= 0.3 is 0 Å². The van der Waals surface area contributed by atoms with Crippen LogP contribution in [0.5, 0.6) is 0 Å². The molecule has 0 radical (unpaired) electrons. The first-order chi connectivity index (χ1) is 7.68. The molecule has 1 fully saturated rings.